The number of amides is 1. The van der Waals surface area contributed by atoms with Gasteiger partial charge in [-0.1, -0.05) is 18.2 Å². The van der Waals surface area contributed by atoms with Crippen molar-refractivity contribution in [1.29, 1.82) is 0 Å². The molecule has 0 radical (unpaired) electrons. The Kier molecular flexibility index (Phi) is 4.85. The molecule has 2 aromatic heterocycles. The van der Waals surface area contributed by atoms with Crippen LogP contribution in [0.15, 0.2) is 63.6 Å². The van der Waals surface area contributed by atoms with Gasteiger partial charge in [0.15, 0.2) is 5.13 Å². The Hall–Kier alpha value is -3.52. The highest BCUT2D eigenvalue weighted by Gasteiger charge is 2.17. The topological polar surface area (TPSA) is 86.0 Å². The van der Waals surface area contributed by atoms with Gasteiger partial charge >= 0.3 is 5.69 Å². The second-order valence-electron chi connectivity index (χ2n) is 6.68. The van der Waals surface area contributed by atoms with Gasteiger partial charge < -0.3 is 5.32 Å². The number of aromatic nitrogens is 3. The number of para-hydroxylation sites is 1. The lowest BCUT2D eigenvalue weighted by Gasteiger charge is -2.14. The minimum atomic E-state index is -0.564. The molecular formula is C21H18N4O3S. The average molecular weight is 406 g/mol. The Morgan fingerprint density at radius 1 is 1.10 bits per heavy atom. The summed E-state index contributed by atoms with van der Waals surface area (Å²) in [6.07, 6.45) is 1.59. The van der Waals surface area contributed by atoms with E-state index in [1.807, 2.05) is 19.9 Å². The molecule has 0 aliphatic heterocycles. The Morgan fingerprint density at radius 2 is 1.90 bits per heavy atom. The molecule has 146 valence electrons. The first-order valence-corrected chi connectivity index (χ1v) is 9.85. The lowest BCUT2D eigenvalue weighted by Crippen LogP contribution is -2.40. The molecular weight excluding hydrogens is 388 g/mol. The van der Waals surface area contributed by atoms with Gasteiger partial charge in [-0.25, -0.2) is 14.3 Å². The van der Waals surface area contributed by atoms with Crippen LogP contribution in [0.4, 0.5) is 5.13 Å². The van der Waals surface area contributed by atoms with Crippen LogP contribution in [-0.4, -0.2) is 20.0 Å². The molecule has 0 saturated carbocycles. The highest BCUT2D eigenvalue weighted by Crippen LogP contribution is 2.14. The predicted molar refractivity (Wildman–Crippen MR) is 114 cm³/mol. The van der Waals surface area contributed by atoms with E-state index < -0.39 is 17.2 Å². The number of fused-ring (bicyclic) bond motifs is 1. The molecule has 0 spiro atoms. The fourth-order valence-electron chi connectivity index (χ4n) is 3.15. The number of benzene rings is 2. The van der Waals surface area contributed by atoms with E-state index in [-0.39, 0.29) is 6.54 Å². The normalized spacial score (nSPS) is 11.0. The minimum Gasteiger partial charge on any atom is -0.300 e. The van der Waals surface area contributed by atoms with Gasteiger partial charge in [-0.15, -0.1) is 11.3 Å². The molecule has 1 amide bonds. The number of hydrogen-bond acceptors (Lipinski definition) is 5. The number of carbonyl (C=O) groups excluding carboxylic acids is 1. The lowest BCUT2D eigenvalue weighted by atomic mass is 10.1. The van der Waals surface area contributed by atoms with Crippen LogP contribution in [0.2, 0.25) is 0 Å². The van der Waals surface area contributed by atoms with Crippen molar-refractivity contribution < 1.29 is 4.79 Å². The summed E-state index contributed by atoms with van der Waals surface area (Å²) < 4.78 is 2.43. The third-order valence-electron chi connectivity index (χ3n) is 4.78. The molecule has 0 bridgehead atoms. The molecule has 0 saturated heterocycles. The first-order chi connectivity index (χ1) is 14.0. The van der Waals surface area contributed by atoms with Crippen molar-refractivity contribution in [2.24, 2.45) is 0 Å². The maximum atomic E-state index is 13.3. The van der Waals surface area contributed by atoms with E-state index in [0.717, 1.165) is 15.7 Å². The molecule has 0 atom stereocenters. The van der Waals surface area contributed by atoms with E-state index in [1.54, 1.807) is 48.0 Å². The van der Waals surface area contributed by atoms with Crippen LogP contribution in [0, 0.1) is 13.8 Å². The van der Waals surface area contributed by atoms with E-state index in [4.69, 9.17) is 0 Å². The minimum absolute atomic E-state index is 0.232. The van der Waals surface area contributed by atoms with Crippen molar-refractivity contribution in [3.8, 4) is 5.69 Å². The summed E-state index contributed by atoms with van der Waals surface area (Å²) in [5.74, 6) is -0.391. The van der Waals surface area contributed by atoms with Crippen molar-refractivity contribution in [3.63, 3.8) is 0 Å². The Balaban J connectivity index is 1.89. The summed E-state index contributed by atoms with van der Waals surface area (Å²) in [5, 5.41) is 5.24. The van der Waals surface area contributed by atoms with Crippen molar-refractivity contribution in [2.75, 3.05) is 5.32 Å². The van der Waals surface area contributed by atoms with Crippen molar-refractivity contribution in [3.05, 3.63) is 86.0 Å². The molecule has 8 heteroatoms. The second-order valence-corrected chi connectivity index (χ2v) is 7.57. The Labute approximate surface area is 169 Å². The lowest BCUT2D eigenvalue weighted by molar-refractivity contribution is -0.116. The van der Waals surface area contributed by atoms with Gasteiger partial charge in [0.1, 0.15) is 6.54 Å². The molecule has 4 aromatic rings. The van der Waals surface area contributed by atoms with Crippen LogP contribution in [0.25, 0.3) is 16.6 Å². The summed E-state index contributed by atoms with van der Waals surface area (Å²) in [6.45, 7) is 3.65. The summed E-state index contributed by atoms with van der Waals surface area (Å²) in [6, 6.07) is 12.2. The van der Waals surface area contributed by atoms with Crippen LogP contribution in [-0.2, 0) is 11.3 Å². The number of nitrogens with one attached hydrogen (secondary N) is 1. The maximum absolute atomic E-state index is 13.3. The van der Waals surface area contributed by atoms with Crippen molar-refractivity contribution in [2.45, 2.75) is 20.4 Å². The number of thiazole rings is 1. The van der Waals surface area contributed by atoms with E-state index in [0.29, 0.717) is 21.7 Å². The van der Waals surface area contributed by atoms with Gasteiger partial charge in [0.25, 0.3) is 5.56 Å². The molecule has 0 unspecified atom stereocenters. The smallest absolute Gasteiger partial charge is 0.300 e. The average Bonchev–Trinajstić information content (AvgIpc) is 3.21. The summed E-state index contributed by atoms with van der Waals surface area (Å²) in [4.78, 5) is 42.9. The summed E-state index contributed by atoms with van der Waals surface area (Å²) >= 11 is 1.29. The zero-order valence-corrected chi connectivity index (χ0v) is 16.7. The van der Waals surface area contributed by atoms with Crippen LogP contribution in [0.3, 0.4) is 0 Å². The van der Waals surface area contributed by atoms with E-state index in [9.17, 15) is 14.4 Å². The van der Waals surface area contributed by atoms with E-state index in [1.165, 1.54) is 15.9 Å². The zero-order chi connectivity index (χ0) is 20.5. The number of aryl methyl sites for hydroxylation is 2. The standard InChI is InChI=1S/C21H18N4O3S/c1-13-7-8-15(11-14(13)2)25-19(27)16-5-3-4-6-17(16)24(21(25)28)12-18(26)23-20-22-9-10-29-20/h3-11H,12H2,1-2H3,(H,22,23,26). The first-order valence-electron chi connectivity index (χ1n) is 8.97. The largest absolute Gasteiger partial charge is 0.336 e. The van der Waals surface area contributed by atoms with E-state index >= 15 is 0 Å². The summed E-state index contributed by atoms with van der Waals surface area (Å²) in [5.41, 5.74) is 1.94. The van der Waals surface area contributed by atoms with E-state index in [2.05, 4.69) is 10.3 Å². The van der Waals surface area contributed by atoms with Gasteiger partial charge in [0, 0.05) is 11.6 Å². The zero-order valence-electron chi connectivity index (χ0n) is 15.9. The quantitative estimate of drug-likeness (QED) is 0.565. The second kappa shape index (κ2) is 7.48. The molecule has 2 aromatic carbocycles. The van der Waals surface area contributed by atoms with Gasteiger partial charge in [0.2, 0.25) is 5.91 Å². The third-order valence-corrected chi connectivity index (χ3v) is 5.47. The fraction of sp³-hybridized carbons (Fsp3) is 0.143. The molecule has 7 nitrogen and oxygen atoms in total. The number of nitrogens with zero attached hydrogens (tertiary/aromatic N) is 3. The van der Waals surface area contributed by atoms with Gasteiger partial charge in [-0.05, 0) is 49.2 Å². The highest BCUT2D eigenvalue weighted by molar-refractivity contribution is 7.13. The maximum Gasteiger partial charge on any atom is 0.336 e. The van der Waals surface area contributed by atoms with Crippen LogP contribution in [0.1, 0.15) is 11.1 Å². The van der Waals surface area contributed by atoms with Gasteiger partial charge in [-0.2, -0.15) is 0 Å². The molecule has 0 aliphatic rings. The number of hydrogen-bond donors (Lipinski definition) is 1. The molecule has 2 heterocycles. The van der Waals surface area contributed by atoms with Gasteiger partial charge in [-0.3, -0.25) is 14.2 Å². The van der Waals surface area contributed by atoms with Crippen LogP contribution >= 0.6 is 11.3 Å². The summed E-state index contributed by atoms with van der Waals surface area (Å²) in [7, 11) is 0. The molecule has 0 aliphatic carbocycles. The Morgan fingerprint density at radius 3 is 2.62 bits per heavy atom. The molecule has 29 heavy (non-hydrogen) atoms. The highest BCUT2D eigenvalue weighted by atomic mass is 32.1. The molecule has 1 N–H and O–H groups in total. The molecule has 4 rings (SSSR count). The number of carbonyl (C=O) groups is 1. The monoisotopic (exact) mass is 406 g/mol. The molecule has 0 fully saturated rings. The third kappa shape index (κ3) is 3.50. The first kappa shape index (κ1) is 18.8. The number of anilines is 1. The van der Waals surface area contributed by atoms with Crippen molar-refractivity contribution >= 4 is 33.3 Å². The fourth-order valence-corrected chi connectivity index (χ4v) is 3.70. The predicted octanol–water partition coefficient (Wildman–Crippen LogP) is 2.86. The van der Waals surface area contributed by atoms with Crippen LogP contribution < -0.4 is 16.6 Å². The van der Waals surface area contributed by atoms with Gasteiger partial charge in [0.05, 0.1) is 16.6 Å². The number of rotatable bonds is 4. The van der Waals surface area contributed by atoms with Crippen LogP contribution in [0.5, 0.6) is 0 Å². The SMILES string of the molecule is Cc1ccc(-n2c(=O)c3ccccc3n(CC(=O)Nc3nccs3)c2=O)cc1C. The Bertz CT molecular complexity index is 1340. The van der Waals surface area contributed by atoms with Crippen molar-refractivity contribution in [1.82, 2.24) is 14.1 Å².